The second-order valence-corrected chi connectivity index (χ2v) is 5.43. The lowest BCUT2D eigenvalue weighted by Gasteiger charge is -2.29. The summed E-state index contributed by atoms with van der Waals surface area (Å²) in [6, 6.07) is 4.99. The summed E-state index contributed by atoms with van der Waals surface area (Å²) in [5.41, 5.74) is 6.45. The quantitative estimate of drug-likeness (QED) is 0.500. The lowest BCUT2D eigenvalue weighted by Crippen LogP contribution is -2.38. The van der Waals surface area contributed by atoms with Gasteiger partial charge in [-0.05, 0) is 24.5 Å². The minimum atomic E-state index is -0.458. The zero-order valence-corrected chi connectivity index (χ0v) is 11.5. The summed E-state index contributed by atoms with van der Waals surface area (Å²) in [5, 5.41) is 13.9. The van der Waals surface area contributed by atoms with Crippen LogP contribution in [0.4, 0.5) is 11.4 Å². The van der Waals surface area contributed by atoms with Gasteiger partial charge in [0.05, 0.1) is 4.92 Å². The number of nitrogen functional groups attached to an aromatic ring is 1. The molecule has 6 nitrogen and oxygen atoms in total. The number of amides is 1. The van der Waals surface area contributed by atoms with Crippen molar-refractivity contribution >= 4 is 17.3 Å². The van der Waals surface area contributed by atoms with E-state index < -0.39 is 4.92 Å². The maximum atomic E-state index is 11.2. The second kappa shape index (κ2) is 5.48. The fourth-order valence-electron chi connectivity index (χ4n) is 2.94. The molecule has 3 N–H and O–H groups in total. The molecule has 0 bridgehead atoms. The van der Waals surface area contributed by atoms with Crippen LogP contribution >= 0.6 is 0 Å². The topological polar surface area (TPSA) is 98.3 Å². The van der Waals surface area contributed by atoms with E-state index >= 15 is 0 Å². The number of nitrogens with zero attached hydrogens (tertiary/aromatic N) is 1. The highest BCUT2D eigenvalue weighted by Gasteiger charge is 2.36. The van der Waals surface area contributed by atoms with Crippen LogP contribution in [0.5, 0.6) is 0 Å². The highest BCUT2D eigenvalue weighted by atomic mass is 16.6. The highest BCUT2D eigenvalue weighted by Crippen LogP contribution is 2.42. The standard InChI is InChI=1S/C14H19N3O3/c1-10(18)16-9-14(6-2-3-7-14)11-4-5-12(15)13(8-11)17(19)20/h4-5,8H,2-3,6-7,9,15H2,1H3,(H,16,18). The van der Waals surface area contributed by atoms with Crippen molar-refractivity contribution in [2.45, 2.75) is 38.0 Å². The molecule has 0 aromatic heterocycles. The summed E-state index contributed by atoms with van der Waals surface area (Å²) in [5.74, 6) is -0.0822. The summed E-state index contributed by atoms with van der Waals surface area (Å²) in [6.45, 7) is 2.00. The van der Waals surface area contributed by atoms with Gasteiger partial charge in [-0.15, -0.1) is 0 Å². The number of anilines is 1. The molecule has 1 aliphatic carbocycles. The molecular weight excluding hydrogens is 258 g/mol. The first-order valence-corrected chi connectivity index (χ1v) is 6.73. The van der Waals surface area contributed by atoms with Crippen molar-refractivity contribution < 1.29 is 9.72 Å². The predicted octanol–water partition coefficient (Wildman–Crippen LogP) is 2.12. The Labute approximate surface area is 117 Å². The van der Waals surface area contributed by atoms with Gasteiger partial charge in [-0.25, -0.2) is 0 Å². The fourth-order valence-corrected chi connectivity index (χ4v) is 2.94. The molecular formula is C14H19N3O3. The van der Waals surface area contributed by atoms with Gasteiger partial charge in [0.25, 0.3) is 5.69 Å². The molecule has 0 atom stereocenters. The van der Waals surface area contributed by atoms with Crippen LogP contribution in [0.15, 0.2) is 18.2 Å². The molecule has 1 aliphatic rings. The maximum Gasteiger partial charge on any atom is 0.292 e. The third kappa shape index (κ3) is 2.74. The number of hydrogen-bond donors (Lipinski definition) is 2. The van der Waals surface area contributed by atoms with Crippen LogP contribution in [0.3, 0.4) is 0 Å². The normalized spacial score (nSPS) is 16.9. The zero-order chi connectivity index (χ0) is 14.8. The number of nitrogens with one attached hydrogen (secondary N) is 1. The van der Waals surface area contributed by atoms with Gasteiger partial charge < -0.3 is 11.1 Å². The molecule has 1 aromatic rings. The lowest BCUT2D eigenvalue weighted by atomic mass is 9.78. The summed E-state index contributed by atoms with van der Waals surface area (Å²) < 4.78 is 0. The van der Waals surface area contributed by atoms with Crippen molar-refractivity contribution in [3.8, 4) is 0 Å². The van der Waals surface area contributed by atoms with E-state index in [9.17, 15) is 14.9 Å². The third-order valence-corrected chi connectivity index (χ3v) is 4.08. The van der Waals surface area contributed by atoms with Crippen LogP contribution in [-0.4, -0.2) is 17.4 Å². The number of nitrogens with two attached hydrogens (primary N) is 1. The minimum absolute atomic E-state index is 0.0587. The van der Waals surface area contributed by atoms with Crippen molar-refractivity contribution in [1.82, 2.24) is 5.32 Å². The SMILES string of the molecule is CC(=O)NCC1(c2ccc(N)c([N+](=O)[O-])c2)CCCC1. The van der Waals surface area contributed by atoms with E-state index in [4.69, 9.17) is 5.73 Å². The number of carbonyl (C=O) groups excluding carboxylic acids is 1. The monoisotopic (exact) mass is 277 g/mol. The molecule has 1 amide bonds. The molecule has 1 saturated carbocycles. The molecule has 0 aliphatic heterocycles. The summed E-state index contributed by atoms with van der Waals surface area (Å²) in [6.07, 6.45) is 3.98. The van der Waals surface area contributed by atoms with Gasteiger partial charge in [-0.1, -0.05) is 18.9 Å². The largest absolute Gasteiger partial charge is 0.393 e. The summed E-state index contributed by atoms with van der Waals surface area (Å²) >= 11 is 0. The van der Waals surface area contributed by atoms with Crippen LogP contribution in [0, 0.1) is 10.1 Å². The Morgan fingerprint density at radius 3 is 2.65 bits per heavy atom. The first-order chi connectivity index (χ1) is 9.44. The lowest BCUT2D eigenvalue weighted by molar-refractivity contribution is -0.384. The average molecular weight is 277 g/mol. The Hall–Kier alpha value is -2.11. The smallest absolute Gasteiger partial charge is 0.292 e. The fraction of sp³-hybridized carbons (Fsp3) is 0.500. The Morgan fingerprint density at radius 1 is 1.45 bits per heavy atom. The molecule has 1 fully saturated rings. The van der Waals surface area contributed by atoms with Crippen LogP contribution in [-0.2, 0) is 10.2 Å². The molecule has 0 heterocycles. The second-order valence-electron chi connectivity index (χ2n) is 5.43. The molecule has 1 aromatic carbocycles. The van der Waals surface area contributed by atoms with E-state index in [1.807, 2.05) is 6.07 Å². The molecule has 20 heavy (non-hydrogen) atoms. The first kappa shape index (κ1) is 14.3. The van der Waals surface area contributed by atoms with Crippen LogP contribution in [0.25, 0.3) is 0 Å². The molecule has 0 unspecified atom stereocenters. The van der Waals surface area contributed by atoms with Gasteiger partial charge in [0, 0.05) is 24.9 Å². The van der Waals surface area contributed by atoms with Gasteiger partial charge in [0.15, 0.2) is 0 Å². The summed E-state index contributed by atoms with van der Waals surface area (Å²) in [7, 11) is 0. The molecule has 0 radical (unpaired) electrons. The number of benzene rings is 1. The Kier molecular flexibility index (Phi) is 3.92. The number of nitro benzene ring substituents is 1. The molecule has 6 heteroatoms. The Morgan fingerprint density at radius 2 is 2.10 bits per heavy atom. The number of carbonyl (C=O) groups is 1. The highest BCUT2D eigenvalue weighted by molar-refractivity contribution is 5.73. The molecule has 108 valence electrons. The van der Waals surface area contributed by atoms with E-state index in [0.29, 0.717) is 6.54 Å². The molecule has 2 rings (SSSR count). The van der Waals surface area contributed by atoms with E-state index in [2.05, 4.69) is 5.32 Å². The van der Waals surface area contributed by atoms with E-state index in [0.717, 1.165) is 31.2 Å². The van der Waals surface area contributed by atoms with Crippen molar-refractivity contribution in [1.29, 1.82) is 0 Å². The van der Waals surface area contributed by atoms with Gasteiger partial charge in [-0.2, -0.15) is 0 Å². The van der Waals surface area contributed by atoms with Crippen molar-refractivity contribution in [2.24, 2.45) is 0 Å². The average Bonchev–Trinajstić information content (AvgIpc) is 2.86. The van der Waals surface area contributed by atoms with E-state index in [1.54, 1.807) is 12.1 Å². The van der Waals surface area contributed by atoms with Gasteiger partial charge >= 0.3 is 0 Å². The third-order valence-electron chi connectivity index (χ3n) is 4.08. The van der Waals surface area contributed by atoms with Crippen LogP contribution < -0.4 is 11.1 Å². The first-order valence-electron chi connectivity index (χ1n) is 6.73. The molecule has 0 spiro atoms. The maximum absolute atomic E-state index is 11.2. The number of rotatable bonds is 4. The van der Waals surface area contributed by atoms with Crippen molar-refractivity contribution in [2.75, 3.05) is 12.3 Å². The van der Waals surface area contributed by atoms with Gasteiger partial charge in [-0.3, -0.25) is 14.9 Å². The Balaban J connectivity index is 2.36. The number of hydrogen-bond acceptors (Lipinski definition) is 4. The van der Waals surface area contributed by atoms with Crippen LogP contribution in [0.1, 0.15) is 38.2 Å². The Bertz CT molecular complexity index is 536. The summed E-state index contributed by atoms with van der Waals surface area (Å²) in [4.78, 5) is 21.7. The number of nitro groups is 1. The van der Waals surface area contributed by atoms with Gasteiger partial charge in [0.2, 0.25) is 5.91 Å². The predicted molar refractivity (Wildman–Crippen MR) is 76.3 cm³/mol. The van der Waals surface area contributed by atoms with Crippen molar-refractivity contribution in [3.05, 3.63) is 33.9 Å². The van der Waals surface area contributed by atoms with Gasteiger partial charge in [0.1, 0.15) is 5.69 Å². The van der Waals surface area contributed by atoms with E-state index in [1.165, 1.54) is 6.92 Å². The van der Waals surface area contributed by atoms with E-state index in [-0.39, 0.29) is 22.7 Å². The van der Waals surface area contributed by atoms with Crippen molar-refractivity contribution in [3.63, 3.8) is 0 Å². The minimum Gasteiger partial charge on any atom is -0.393 e. The van der Waals surface area contributed by atoms with Crippen LogP contribution in [0.2, 0.25) is 0 Å². The molecule has 0 saturated heterocycles. The zero-order valence-electron chi connectivity index (χ0n) is 11.5.